The minimum absolute atomic E-state index is 0.187. The third-order valence-corrected chi connectivity index (χ3v) is 4.14. The molecule has 1 spiro atoms. The third-order valence-electron chi connectivity index (χ3n) is 4.14. The number of Topliss-reactive ketones (excluding diaryl/α,β-unsaturated/α-hetero) is 1. The van der Waals surface area contributed by atoms with E-state index < -0.39 is 0 Å². The summed E-state index contributed by atoms with van der Waals surface area (Å²) in [5, 5.41) is 0. The Kier molecular flexibility index (Phi) is 2.65. The lowest BCUT2D eigenvalue weighted by atomic mass is 9.69. The van der Waals surface area contributed by atoms with Crippen LogP contribution in [0.15, 0.2) is 0 Å². The van der Waals surface area contributed by atoms with Crippen LogP contribution in [0, 0.1) is 11.8 Å². The van der Waals surface area contributed by atoms with Crippen molar-refractivity contribution in [1.82, 2.24) is 0 Å². The Balaban J connectivity index is 1.96. The molecule has 0 N–H and O–H groups in total. The molecule has 0 aromatic rings. The maximum absolute atomic E-state index is 11.3. The maximum Gasteiger partial charge on any atom is 0.132 e. The first kappa shape index (κ1) is 10.2. The van der Waals surface area contributed by atoms with Gasteiger partial charge >= 0.3 is 0 Å². The molecule has 2 fully saturated rings. The summed E-state index contributed by atoms with van der Waals surface area (Å²) >= 11 is 0. The highest BCUT2D eigenvalue weighted by molar-refractivity contribution is 5.78. The number of hydrogen-bond acceptors (Lipinski definition) is 2. The van der Waals surface area contributed by atoms with Crippen LogP contribution >= 0.6 is 0 Å². The highest BCUT2D eigenvalue weighted by Gasteiger charge is 2.44. The second kappa shape index (κ2) is 3.65. The second-order valence-corrected chi connectivity index (χ2v) is 5.04. The van der Waals surface area contributed by atoms with Crippen molar-refractivity contribution in [3.63, 3.8) is 0 Å². The van der Waals surface area contributed by atoms with E-state index in [-0.39, 0.29) is 11.5 Å². The largest absolute Gasteiger partial charge is 0.375 e. The quantitative estimate of drug-likeness (QED) is 0.678. The molecule has 0 amide bonds. The maximum atomic E-state index is 11.3. The van der Waals surface area contributed by atoms with E-state index in [2.05, 4.69) is 6.92 Å². The van der Waals surface area contributed by atoms with Crippen molar-refractivity contribution in [2.24, 2.45) is 11.8 Å². The zero-order valence-corrected chi connectivity index (χ0v) is 9.21. The van der Waals surface area contributed by atoms with Crippen LogP contribution in [0.4, 0.5) is 0 Å². The Bertz CT molecular complexity index is 230. The molecule has 1 saturated heterocycles. The molecule has 2 atom stereocenters. The number of carbonyl (C=O) groups excluding carboxylic acids is 1. The topological polar surface area (TPSA) is 26.3 Å². The Hall–Kier alpha value is -0.370. The van der Waals surface area contributed by atoms with Crippen LogP contribution in [0.25, 0.3) is 0 Å². The molecule has 0 aromatic carbocycles. The predicted octanol–water partition coefficient (Wildman–Crippen LogP) is 2.56. The Morgan fingerprint density at radius 2 is 2.21 bits per heavy atom. The van der Waals surface area contributed by atoms with Crippen LogP contribution in [0.1, 0.15) is 46.0 Å². The standard InChI is InChI=1S/C12H20O2/c1-9(10(2)13)11-4-7-14-12(8-11)5-3-6-12/h9,11H,3-8H2,1-2H3. The van der Waals surface area contributed by atoms with Crippen LogP contribution in [0.5, 0.6) is 0 Å². The van der Waals surface area contributed by atoms with Gasteiger partial charge in [0.2, 0.25) is 0 Å². The fourth-order valence-electron chi connectivity index (χ4n) is 2.74. The van der Waals surface area contributed by atoms with Gasteiger partial charge in [-0.05, 0) is 44.9 Å². The summed E-state index contributed by atoms with van der Waals surface area (Å²) in [5.41, 5.74) is 0.187. The van der Waals surface area contributed by atoms with E-state index in [1.807, 2.05) is 0 Å². The van der Waals surface area contributed by atoms with Gasteiger partial charge in [-0.2, -0.15) is 0 Å². The lowest BCUT2D eigenvalue weighted by molar-refractivity contribution is -0.153. The average molecular weight is 196 g/mol. The monoisotopic (exact) mass is 196 g/mol. The molecule has 1 aliphatic carbocycles. The SMILES string of the molecule is CC(=O)C(C)C1CCOC2(CCC2)C1. The molecule has 2 rings (SSSR count). The highest BCUT2D eigenvalue weighted by Crippen LogP contribution is 2.45. The molecule has 2 heteroatoms. The molecule has 1 aliphatic heterocycles. The Morgan fingerprint density at radius 1 is 1.50 bits per heavy atom. The molecular weight excluding hydrogens is 176 g/mol. The van der Waals surface area contributed by atoms with Gasteiger partial charge in [-0.25, -0.2) is 0 Å². The number of hydrogen-bond donors (Lipinski definition) is 0. The zero-order chi connectivity index (χ0) is 10.2. The van der Waals surface area contributed by atoms with E-state index in [0.29, 0.717) is 11.7 Å². The van der Waals surface area contributed by atoms with Gasteiger partial charge in [0.05, 0.1) is 5.60 Å². The first-order valence-corrected chi connectivity index (χ1v) is 5.77. The van der Waals surface area contributed by atoms with E-state index >= 15 is 0 Å². The van der Waals surface area contributed by atoms with Crippen LogP contribution in [0.2, 0.25) is 0 Å². The van der Waals surface area contributed by atoms with Crippen LogP contribution in [-0.2, 0) is 9.53 Å². The molecule has 0 bridgehead atoms. The normalized spacial score (nSPS) is 32.3. The molecule has 80 valence electrons. The molecule has 0 radical (unpaired) electrons. The number of carbonyl (C=O) groups is 1. The van der Waals surface area contributed by atoms with Gasteiger partial charge in [0.1, 0.15) is 5.78 Å². The summed E-state index contributed by atoms with van der Waals surface area (Å²) in [4.78, 5) is 11.3. The number of ether oxygens (including phenoxy) is 1. The first-order chi connectivity index (χ1) is 6.63. The number of rotatable bonds is 2. The van der Waals surface area contributed by atoms with Crippen molar-refractivity contribution in [2.45, 2.75) is 51.6 Å². The fraction of sp³-hybridized carbons (Fsp3) is 0.917. The van der Waals surface area contributed by atoms with Crippen LogP contribution in [0.3, 0.4) is 0 Å². The first-order valence-electron chi connectivity index (χ1n) is 5.77. The van der Waals surface area contributed by atoms with E-state index in [0.717, 1.165) is 19.4 Å². The summed E-state index contributed by atoms with van der Waals surface area (Å²) in [6, 6.07) is 0. The van der Waals surface area contributed by atoms with Crippen molar-refractivity contribution >= 4 is 5.78 Å². The molecule has 1 heterocycles. The minimum atomic E-state index is 0.187. The summed E-state index contributed by atoms with van der Waals surface area (Å²) in [7, 11) is 0. The van der Waals surface area contributed by atoms with Gasteiger partial charge in [0.25, 0.3) is 0 Å². The summed E-state index contributed by atoms with van der Waals surface area (Å²) in [6.07, 6.45) is 5.93. The average Bonchev–Trinajstić information content (AvgIpc) is 2.14. The smallest absolute Gasteiger partial charge is 0.132 e. The molecule has 14 heavy (non-hydrogen) atoms. The zero-order valence-electron chi connectivity index (χ0n) is 9.21. The molecule has 2 nitrogen and oxygen atoms in total. The van der Waals surface area contributed by atoms with Gasteiger partial charge in [0.15, 0.2) is 0 Å². The molecule has 2 aliphatic rings. The van der Waals surface area contributed by atoms with Crippen molar-refractivity contribution in [3.8, 4) is 0 Å². The van der Waals surface area contributed by atoms with Crippen LogP contribution < -0.4 is 0 Å². The van der Waals surface area contributed by atoms with E-state index in [4.69, 9.17) is 4.74 Å². The second-order valence-electron chi connectivity index (χ2n) is 5.04. The van der Waals surface area contributed by atoms with Gasteiger partial charge in [-0.15, -0.1) is 0 Å². The predicted molar refractivity (Wildman–Crippen MR) is 55.1 cm³/mol. The Morgan fingerprint density at radius 3 is 2.71 bits per heavy atom. The van der Waals surface area contributed by atoms with E-state index in [1.54, 1.807) is 6.92 Å². The fourth-order valence-corrected chi connectivity index (χ4v) is 2.74. The molecule has 1 saturated carbocycles. The minimum Gasteiger partial charge on any atom is -0.375 e. The lowest BCUT2D eigenvalue weighted by Crippen LogP contribution is -2.47. The van der Waals surface area contributed by atoms with Crippen molar-refractivity contribution < 1.29 is 9.53 Å². The van der Waals surface area contributed by atoms with Crippen LogP contribution in [-0.4, -0.2) is 18.0 Å². The summed E-state index contributed by atoms with van der Waals surface area (Å²) in [5.74, 6) is 1.14. The summed E-state index contributed by atoms with van der Waals surface area (Å²) in [6.45, 7) is 4.65. The van der Waals surface area contributed by atoms with Gasteiger partial charge in [-0.1, -0.05) is 6.92 Å². The lowest BCUT2D eigenvalue weighted by Gasteiger charge is -2.48. The third kappa shape index (κ3) is 1.72. The van der Waals surface area contributed by atoms with E-state index in [1.165, 1.54) is 19.3 Å². The van der Waals surface area contributed by atoms with Gasteiger partial charge < -0.3 is 4.74 Å². The Labute approximate surface area is 86.0 Å². The molecule has 0 aromatic heterocycles. The highest BCUT2D eigenvalue weighted by atomic mass is 16.5. The summed E-state index contributed by atoms with van der Waals surface area (Å²) < 4.78 is 5.85. The van der Waals surface area contributed by atoms with Gasteiger partial charge in [0, 0.05) is 12.5 Å². The van der Waals surface area contributed by atoms with Gasteiger partial charge in [-0.3, -0.25) is 4.79 Å². The molecular formula is C12H20O2. The van der Waals surface area contributed by atoms with E-state index in [9.17, 15) is 4.79 Å². The number of ketones is 1. The van der Waals surface area contributed by atoms with Crippen molar-refractivity contribution in [3.05, 3.63) is 0 Å². The van der Waals surface area contributed by atoms with Crippen molar-refractivity contribution in [1.29, 1.82) is 0 Å². The molecule has 2 unspecified atom stereocenters. The van der Waals surface area contributed by atoms with Crippen molar-refractivity contribution in [2.75, 3.05) is 6.61 Å².